The van der Waals surface area contributed by atoms with E-state index < -0.39 is 4.92 Å². The average Bonchev–Trinajstić information content (AvgIpc) is 2.74. The molecule has 154 valence electrons. The van der Waals surface area contributed by atoms with Gasteiger partial charge in [0.25, 0.3) is 5.91 Å². The van der Waals surface area contributed by atoms with E-state index in [2.05, 4.69) is 34.5 Å². The van der Waals surface area contributed by atoms with Gasteiger partial charge in [-0.15, -0.1) is 0 Å². The summed E-state index contributed by atoms with van der Waals surface area (Å²) in [6.07, 6.45) is 0. The van der Waals surface area contributed by atoms with Crippen LogP contribution in [0.25, 0.3) is 0 Å². The minimum atomic E-state index is -0.529. The van der Waals surface area contributed by atoms with Gasteiger partial charge in [-0.3, -0.25) is 19.8 Å². The molecule has 1 aliphatic rings. The van der Waals surface area contributed by atoms with Crippen LogP contribution in [0.15, 0.2) is 48.5 Å². The molecule has 0 aromatic heterocycles. The molecule has 2 aromatic rings. The Hall–Kier alpha value is -2.97. The molecular formula is C21H25N3O5. The van der Waals surface area contributed by atoms with E-state index in [0.717, 1.165) is 18.7 Å². The number of nitro benzene ring substituents is 1. The Labute approximate surface area is 169 Å². The number of hydrogen-bond donors (Lipinski definition) is 1. The monoisotopic (exact) mass is 399 g/mol. The average molecular weight is 399 g/mol. The molecule has 1 heterocycles. The number of nitro groups is 1. The minimum Gasteiger partial charge on any atom is -0.477 e. The zero-order valence-electron chi connectivity index (χ0n) is 16.4. The van der Waals surface area contributed by atoms with Crippen LogP contribution in [0.1, 0.15) is 17.2 Å². The van der Waals surface area contributed by atoms with Crippen molar-refractivity contribution in [3.8, 4) is 5.75 Å². The van der Waals surface area contributed by atoms with Crippen LogP contribution in [0.4, 0.5) is 5.69 Å². The molecule has 8 nitrogen and oxygen atoms in total. The number of para-hydroxylation sites is 2. The Balaban J connectivity index is 1.60. The van der Waals surface area contributed by atoms with Crippen LogP contribution in [0.5, 0.6) is 5.75 Å². The van der Waals surface area contributed by atoms with Crippen LogP contribution in [-0.4, -0.2) is 55.2 Å². The molecule has 1 amide bonds. The third-order valence-corrected chi connectivity index (χ3v) is 4.86. The lowest BCUT2D eigenvalue weighted by Gasteiger charge is -2.35. The topological polar surface area (TPSA) is 93.9 Å². The van der Waals surface area contributed by atoms with Crippen molar-refractivity contribution in [3.63, 3.8) is 0 Å². The van der Waals surface area contributed by atoms with Crippen LogP contribution in [-0.2, 0) is 9.53 Å². The molecule has 0 radical (unpaired) electrons. The molecule has 2 aromatic carbocycles. The van der Waals surface area contributed by atoms with E-state index in [1.165, 1.54) is 17.7 Å². The van der Waals surface area contributed by atoms with E-state index in [-0.39, 0.29) is 30.0 Å². The van der Waals surface area contributed by atoms with Gasteiger partial charge in [0.05, 0.1) is 24.2 Å². The van der Waals surface area contributed by atoms with Crippen molar-refractivity contribution in [2.45, 2.75) is 13.0 Å². The summed E-state index contributed by atoms with van der Waals surface area (Å²) in [5, 5.41) is 13.9. The Morgan fingerprint density at radius 3 is 2.59 bits per heavy atom. The number of morpholine rings is 1. The van der Waals surface area contributed by atoms with Gasteiger partial charge in [-0.1, -0.05) is 42.0 Å². The van der Waals surface area contributed by atoms with Crippen molar-refractivity contribution < 1.29 is 19.2 Å². The molecule has 1 saturated heterocycles. The van der Waals surface area contributed by atoms with E-state index in [0.29, 0.717) is 19.8 Å². The van der Waals surface area contributed by atoms with Crippen LogP contribution >= 0.6 is 0 Å². The van der Waals surface area contributed by atoms with Gasteiger partial charge in [0.15, 0.2) is 12.4 Å². The number of carbonyl (C=O) groups excluding carboxylic acids is 1. The molecule has 0 aliphatic carbocycles. The first-order valence-electron chi connectivity index (χ1n) is 9.56. The number of benzene rings is 2. The maximum atomic E-state index is 12.3. The van der Waals surface area contributed by atoms with Crippen molar-refractivity contribution >= 4 is 11.6 Å². The standard InChI is InChI=1S/C21H25N3O5/c1-16-6-8-17(9-7-16)19(23-10-12-28-13-11-23)14-22-21(25)15-29-20-5-3-2-4-18(20)24(26)27/h2-9,19H,10-15H2,1H3,(H,22,25). The number of ether oxygens (including phenoxy) is 2. The van der Waals surface area contributed by atoms with Gasteiger partial charge in [0.1, 0.15) is 0 Å². The molecule has 3 rings (SSSR count). The fourth-order valence-corrected chi connectivity index (χ4v) is 3.27. The van der Waals surface area contributed by atoms with Crippen molar-refractivity contribution in [2.75, 3.05) is 39.5 Å². The number of amides is 1. The third kappa shape index (κ3) is 5.75. The van der Waals surface area contributed by atoms with E-state index >= 15 is 0 Å². The summed E-state index contributed by atoms with van der Waals surface area (Å²) >= 11 is 0. The number of nitrogens with one attached hydrogen (secondary N) is 1. The van der Waals surface area contributed by atoms with Crippen molar-refractivity contribution in [1.29, 1.82) is 0 Å². The van der Waals surface area contributed by atoms with Gasteiger partial charge >= 0.3 is 5.69 Å². The first-order valence-corrected chi connectivity index (χ1v) is 9.56. The largest absolute Gasteiger partial charge is 0.477 e. The number of hydrogen-bond acceptors (Lipinski definition) is 6. The fourth-order valence-electron chi connectivity index (χ4n) is 3.27. The molecule has 29 heavy (non-hydrogen) atoms. The molecule has 1 N–H and O–H groups in total. The van der Waals surface area contributed by atoms with Gasteiger partial charge < -0.3 is 14.8 Å². The molecular weight excluding hydrogens is 374 g/mol. The fraction of sp³-hybridized carbons (Fsp3) is 0.381. The van der Waals surface area contributed by atoms with Gasteiger partial charge in [-0.2, -0.15) is 0 Å². The maximum Gasteiger partial charge on any atom is 0.310 e. The molecule has 1 unspecified atom stereocenters. The lowest BCUT2D eigenvalue weighted by molar-refractivity contribution is -0.385. The maximum absolute atomic E-state index is 12.3. The second-order valence-corrected chi connectivity index (χ2v) is 6.89. The smallest absolute Gasteiger partial charge is 0.310 e. The summed E-state index contributed by atoms with van der Waals surface area (Å²) < 4.78 is 10.8. The highest BCUT2D eigenvalue weighted by Crippen LogP contribution is 2.26. The molecule has 0 bridgehead atoms. The summed E-state index contributed by atoms with van der Waals surface area (Å²) in [4.78, 5) is 25.1. The Kier molecular flexibility index (Phi) is 7.15. The lowest BCUT2D eigenvalue weighted by Crippen LogP contribution is -2.44. The second kappa shape index (κ2) is 9.99. The first kappa shape index (κ1) is 20.8. The van der Waals surface area contributed by atoms with Gasteiger partial charge in [-0.25, -0.2) is 0 Å². The van der Waals surface area contributed by atoms with Gasteiger partial charge in [0.2, 0.25) is 0 Å². The Bertz CT molecular complexity index is 834. The van der Waals surface area contributed by atoms with Crippen molar-refractivity contribution in [1.82, 2.24) is 10.2 Å². The zero-order chi connectivity index (χ0) is 20.6. The SMILES string of the molecule is Cc1ccc(C(CNC(=O)COc2ccccc2[N+](=O)[O-])N2CCOCC2)cc1. The summed E-state index contributed by atoms with van der Waals surface area (Å²) in [6, 6.07) is 14.3. The number of rotatable bonds is 8. The van der Waals surface area contributed by atoms with Crippen LogP contribution in [0, 0.1) is 17.0 Å². The number of aryl methyl sites for hydroxylation is 1. The second-order valence-electron chi connectivity index (χ2n) is 6.89. The molecule has 1 atom stereocenters. The van der Waals surface area contributed by atoms with Crippen LogP contribution < -0.4 is 10.1 Å². The Morgan fingerprint density at radius 1 is 1.21 bits per heavy atom. The van der Waals surface area contributed by atoms with E-state index in [4.69, 9.17) is 9.47 Å². The normalized spacial score (nSPS) is 15.5. The van der Waals surface area contributed by atoms with Crippen molar-refractivity contribution in [3.05, 3.63) is 69.8 Å². The van der Waals surface area contributed by atoms with E-state index in [1.807, 2.05) is 6.92 Å². The molecule has 0 saturated carbocycles. The molecule has 8 heteroatoms. The quantitative estimate of drug-likeness (QED) is 0.541. The summed E-state index contributed by atoms with van der Waals surface area (Å²) in [7, 11) is 0. The summed E-state index contributed by atoms with van der Waals surface area (Å²) in [5.74, 6) is -0.246. The van der Waals surface area contributed by atoms with Gasteiger partial charge in [0, 0.05) is 25.7 Å². The lowest BCUT2D eigenvalue weighted by atomic mass is 10.0. The Morgan fingerprint density at radius 2 is 1.90 bits per heavy atom. The highest BCUT2D eigenvalue weighted by Gasteiger charge is 2.23. The minimum absolute atomic E-state index is 0.0227. The number of carbonyl (C=O) groups is 1. The zero-order valence-corrected chi connectivity index (χ0v) is 16.4. The molecule has 0 spiro atoms. The van der Waals surface area contributed by atoms with Crippen LogP contribution in [0.3, 0.4) is 0 Å². The predicted molar refractivity (Wildman–Crippen MR) is 108 cm³/mol. The highest BCUT2D eigenvalue weighted by atomic mass is 16.6. The highest BCUT2D eigenvalue weighted by molar-refractivity contribution is 5.77. The summed E-state index contributed by atoms with van der Waals surface area (Å²) in [5.41, 5.74) is 2.14. The van der Waals surface area contributed by atoms with Crippen LogP contribution in [0.2, 0.25) is 0 Å². The van der Waals surface area contributed by atoms with Crippen molar-refractivity contribution in [2.24, 2.45) is 0 Å². The molecule has 1 fully saturated rings. The van der Waals surface area contributed by atoms with E-state index in [9.17, 15) is 14.9 Å². The third-order valence-electron chi connectivity index (χ3n) is 4.86. The van der Waals surface area contributed by atoms with Gasteiger partial charge in [-0.05, 0) is 18.6 Å². The predicted octanol–water partition coefficient (Wildman–Crippen LogP) is 2.47. The molecule has 1 aliphatic heterocycles. The summed E-state index contributed by atoms with van der Waals surface area (Å²) in [6.45, 7) is 5.09. The number of nitrogens with zero attached hydrogens (tertiary/aromatic N) is 2. The first-order chi connectivity index (χ1) is 14.0. The van der Waals surface area contributed by atoms with E-state index in [1.54, 1.807) is 12.1 Å².